The van der Waals surface area contributed by atoms with Crippen molar-refractivity contribution in [3.8, 4) is 0 Å². The largest absolute Gasteiger partial charge is 0.389 e. The summed E-state index contributed by atoms with van der Waals surface area (Å²) < 4.78 is 0. The molecule has 0 heterocycles. The second-order valence-electron chi connectivity index (χ2n) is 6.50. The SMILES string of the molecule is CCCCCCCCCCC(C)C(O)/C=C/c1ccccc1. The van der Waals surface area contributed by atoms with Crippen molar-refractivity contribution < 1.29 is 5.11 Å². The zero-order valence-corrected chi connectivity index (χ0v) is 14.5. The number of aliphatic hydroxyl groups is 1. The smallest absolute Gasteiger partial charge is 0.0749 e. The van der Waals surface area contributed by atoms with Gasteiger partial charge in [-0.2, -0.15) is 0 Å². The molecule has 0 fully saturated rings. The van der Waals surface area contributed by atoms with Gasteiger partial charge in [0.15, 0.2) is 0 Å². The maximum absolute atomic E-state index is 10.2. The topological polar surface area (TPSA) is 20.2 Å². The van der Waals surface area contributed by atoms with Crippen LogP contribution in [0.4, 0.5) is 0 Å². The molecule has 0 saturated carbocycles. The van der Waals surface area contributed by atoms with E-state index in [1.54, 1.807) is 0 Å². The Balaban J connectivity index is 2.09. The summed E-state index contributed by atoms with van der Waals surface area (Å²) >= 11 is 0. The van der Waals surface area contributed by atoms with Crippen LogP contribution < -0.4 is 0 Å². The normalized spacial score (nSPS) is 14.3. The Morgan fingerprint density at radius 1 is 0.909 bits per heavy atom. The molecule has 1 nitrogen and oxygen atoms in total. The van der Waals surface area contributed by atoms with Crippen LogP contribution >= 0.6 is 0 Å². The molecular formula is C21H34O. The van der Waals surface area contributed by atoms with Crippen molar-refractivity contribution in [2.75, 3.05) is 0 Å². The standard InChI is InChI=1S/C21H34O/c1-3-4-5-6-7-8-9-11-14-19(2)21(22)18-17-20-15-12-10-13-16-20/h10,12-13,15-19,21-22H,3-9,11,14H2,1-2H3/b18-17+. The fourth-order valence-electron chi connectivity index (χ4n) is 2.73. The Kier molecular flexibility index (Phi) is 10.7. The third-order valence-corrected chi connectivity index (χ3v) is 4.38. The molecule has 0 radical (unpaired) electrons. The van der Waals surface area contributed by atoms with Crippen molar-refractivity contribution >= 4 is 6.08 Å². The fraction of sp³-hybridized carbons (Fsp3) is 0.619. The minimum Gasteiger partial charge on any atom is -0.389 e. The van der Waals surface area contributed by atoms with Gasteiger partial charge in [0.05, 0.1) is 6.10 Å². The molecule has 1 aromatic rings. The number of hydrogen-bond donors (Lipinski definition) is 1. The van der Waals surface area contributed by atoms with Gasteiger partial charge in [0.1, 0.15) is 0 Å². The lowest BCUT2D eigenvalue weighted by molar-refractivity contribution is 0.155. The third-order valence-electron chi connectivity index (χ3n) is 4.38. The van der Waals surface area contributed by atoms with Gasteiger partial charge >= 0.3 is 0 Å². The quantitative estimate of drug-likeness (QED) is 0.454. The summed E-state index contributed by atoms with van der Waals surface area (Å²) in [7, 11) is 0. The molecule has 0 aliphatic heterocycles. The number of unbranched alkanes of at least 4 members (excludes halogenated alkanes) is 7. The lowest BCUT2D eigenvalue weighted by Crippen LogP contribution is -2.14. The van der Waals surface area contributed by atoms with Crippen LogP contribution in [0, 0.1) is 5.92 Å². The van der Waals surface area contributed by atoms with E-state index in [2.05, 4.69) is 26.0 Å². The van der Waals surface area contributed by atoms with Gasteiger partial charge in [-0.05, 0) is 17.9 Å². The van der Waals surface area contributed by atoms with E-state index in [4.69, 9.17) is 0 Å². The monoisotopic (exact) mass is 302 g/mol. The van der Waals surface area contributed by atoms with E-state index < -0.39 is 0 Å². The highest BCUT2D eigenvalue weighted by atomic mass is 16.3. The van der Waals surface area contributed by atoms with Gasteiger partial charge in [-0.25, -0.2) is 0 Å². The summed E-state index contributed by atoms with van der Waals surface area (Å²) in [5.41, 5.74) is 1.15. The molecule has 1 heteroatoms. The van der Waals surface area contributed by atoms with Crippen molar-refractivity contribution in [3.05, 3.63) is 42.0 Å². The summed E-state index contributed by atoms with van der Waals surface area (Å²) in [4.78, 5) is 0. The summed E-state index contributed by atoms with van der Waals surface area (Å²) in [6, 6.07) is 10.2. The Hall–Kier alpha value is -1.08. The first-order valence-corrected chi connectivity index (χ1v) is 9.15. The minimum atomic E-state index is -0.329. The van der Waals surface area contributed by atoms with Gasteiger partial charge in [0, 0.05) is 0 Å². The molecule has 0 saturated heterocycles. The molecule has 124 valence electrons. The molecule has 2 atom stereocenters. The van der Waals surface area contributed by atoms with Crippen molar-refractivity contribution in [1.82, 2.24) is 0 Å². The number of aliphatic hydroxyl groups excluding tert-OH is 1. The van der Waals surface area contributed by atoms with Crippen LogP contribution in [-0.2, 0) is 0 Å². The van der Waals surface area contributed by atoms with Gasteiger partial charge < -0.3 is 5.11 Å². The molecule has 1 rings (SSSR count). The first kappa shape index (κ1) is 19.0. The molecule has 22 heavy (non-hydrogen) atoms. The molecule has 0 bridgehead atoms. The van der Waals surface area contributed by atoms with Crippen molar-refractivity contribution in [2.24, 2.45) is 5.92 Å². The third kappa shape index (κ3) is 9.04. The Morgan fingerprint density at radius 3 is 2.14 bits per heavy atom. The maximum Gasteiger partial charge on any atom is 0.0749 e. The zero-order chi connectivity index (χ0) is 16.0. The van der Waals surface area contributed by atoms with Crippen LogP contribution in [0.5, 0.6) is 0 Å². The molecule has 0 spiro atoms. The van der Waals surface area contributed by atoms with E-state index in [0.29, 0.717) is 5.92 Å². The number of rotatable bonds is 12. The van der Waals surface area contributed by atoms with Crippen LogP contribution in [0.15, 0.2) is 36.4 Å². The van der Waals surface area contributed by atoms with Gasteiger partial charge in [0.2, 0.25) is 0 Å². The van der Waals surface area contributed by atoms with Gasteiger partial charge in [-0.15, -0.1) is 0 Å². The van der Waals surface area contributed by atoms with E-state index in [-0.39, 0.29) is 6.10 Å². The molecule has 0 amide bonds. The average molecular weight is 303 g/mol. The second kappa shape index (κ2) is 12.5. The van der Waals surface area contributed by atoms with Crippen molar-refractivity contribution in [3.63, 3.8) is 0 Å². The lowest BCUT2D eigenvalue weighted by Gasteiger charge is -2.15. The predicted octanol–water partition coefficient (Wildman–Crippen LogP) is 6.23. The highest BCUT2D eigenvalue weighted by Crippen LogP contribution is 2.17. The Labute approximate surface area is 137 Å². The molecule has 2 unspecified atom stereocenters. The van der Waals surface area contributed by atoms with E-state index in [1.807, 2.05) is 30.4 Å². The average Bonchev–Trinajstić information content (AvgIpc) is 2.55. The van der Waals surface area contributed by atoms with E-state index >= 15 is 0 Å². The predicted molar refractivity (Wildman–Crippen MR) is 97.9 cm³/mol. The van der Waals surface area contributed by atoms with Crippen LogP contribution in [-0.4, -0.2) is 11.2 Å². The van der Waals surface area contributed by atoms with Crippen LogP contribution in [0.1, 0.15) is 77.2 Å². The van der Waals surface area contributed by atoms with E-state index in [9.17, 15) is 5.11 Å². The Bertz CT molecular complexity index is 382. The zero-order valence-electron chi connectivity index (χ0n) is 14.5. The van der Waals surface area contributed by atoms with E-state index in [0.717, 1.165) is 12.0 Å². The highest BCUT2D eigenvalue weighted by Gasteiger charge is 2.10. The summed E-state index contributed by atoms with van der Waals surface area (Å²) in [5.74, 6) is 0.347. The number of benzene rings is 1. The van der Waals surface area contributed by atoms with Crippen molar-refractivity contribution in [2.45, 2.75) is 77.7 Å². The fourth-order valence-corrected chi connectivity index (χ4v) is 2.73. The Morgan fingerprint density at radius 2 is 1.50 bits per heavy atom. The summed E-state index contributed by atoms with van der Waals surface area (Å²) in [6.07, 6.45) is 15.5. The summed E-state index contributed by atoms with van der Waals surface area (Å²) in [6.45, 7) is 4.42. The van der Waals surface area contributed by atoms with Crippen LogP contribution in [0.2, 0.25) is 0 Å². The van der Waals surface area contributed by atoms with Gasteiger partial charge in [-0.1, -0.05) is 108 Å². The number of hydrogen-bond acceptors (Lipinski definition) is 1. The van der Waals surface area contributed by atoms with Crippen molar-refractivity contribution in [1.29, 1.82) is 0 Å². The first-order chi connectivity index (χ1) is 10.7. The first-order valence-electron chi connectivity index (χ1n) is 9.15. The highest BCUT2D eigenvalue weighted by molar-refractivity contribution is 5.49. The van der Waals surface area contributed by atoms with E-state index in [1.165, 1.54) is 51.4 Å². The van der Waals surface area contributed by atoms with Gasteiger partial charge in [0.25, 0.3) is 0 Å². The molecule has 1 aromatic carbocycles. The molecule has 1 N–H and O–H groups in total. The van der Waals surface area contributed by atoms with Crippen LogP contribution in [0.25, 0.3) is 6.08 Å². The lowest BCUT2D eigenvalue weighted by atomic mass is 9.96. The minimum absolute atomic E-state index is 0.329. The molecule has 0 aromatic heterocycles. The molecule has 0 aliphatic rings. The van der Waals surface area contributed by atoms with Crippen LogP contribution in [0.3, 0.4) is 0 Å². The van der Waals surface area contributed by atoms with Gasteiger partial charge in [-0.3, -0.25) is 0 Å². The summed E-state index contributed by atoms with van der Waals surface area (Å²) in [5, 5.41) is 10.2. The maximum atomic E-state index is 10.2. The second-order valence-corrected chi connectivity index (χ2v) is 6.50. The molecule has 0 aliphatic carbocycles. The molecular weight excluding hydrogens is 268 g/mol.